The molecule has 1 aromatic rings. The average Bonchev–Trinajstić information content (AvgIpc) is 3.09. The number of amides is 2. The maximum atomic E-state index is 12.0. The van der Waals surface area contributed by atoms with Crippen LogP contribution < -0.4 is 15.4 Å². The lowest BCUT2D eigenvalue weighted by atomic mass is 10.00. The number of benzene rings is 1. The number of hydrogen-bond acceptors (Lipinski definition) is 3. The number of nitrogens with one attached hydrogen (secondary N) is 2. The number of anilines is 1. The van der Waals surface area contributed by atoms with Gasteiger partial charge in [0.2, 0.25) is 11.8 Å². The van der Waals surface area contributed by atoms with Crippen molar-refractivity contribution in [2.45, 2.75) is 57.9 Å². The molecular formula is C19H26N2O3. The van der Waals surface area contributed by atoms with Gasteiger partial charge in [-0.1, -0.05) is 12.8 Å². The average molecular weight is 330 g/mol. The van der Waals surface area contributed by atoms with Crippen molar-refractivity contribution in [3.8, 4) is 5.75 Å². The van der Waals surface area contributed by atoms with Crippen molar-refractivity contribution in [1.82, 2.24) is 5.32 Å². The first-order valence-electron chi connectivity index (χ1n) is 8.97. The van der Waals surface area contributed by atoms with E-state index < -0.39 is 0 Å². The van der Waals surface area contributed by atoms with Crippen molar-refractivity contribution in [3.05, 3.63) is 23.8 Å². The first-order valence-corrected chi connectivity index (χ1v) is 8.97. The van der Waals surface area contributed by atoms with Crippen molar-refractivity contribution >= 4 is 17.5 Å². The van der Waals surface area contributed by atoms with Crippen LogP contribution in [0.5, 0.6) is 5.75 Å². The molecule has 5 nitrogen and oxygen atoms in total. The second kappa shape index (κ2) is 7.69. The third kappa shape index (κ3) is 4.28. The van der Waals surface area contributed by atoms with Crippen LogP contribution >= 0.6 is 0 Å². The minimum absolute atomic E-state index is 0.0552. The number of ether oxygens (including phenoxy) is 1. The Morgan fingerprint density at radius 3 is 2.92 bits per heavy atom. The number of carbonyl (C=O) groups excluding carboxylic acids is 2. The van der Waals surface area contributed by atoms with Crippen LogP contribution in [0.25, 0.3) is 0 Å². The minimum atomic E-state index is 0.0552. The fourth-order valence-electron chi connectivity index (χ4n) is 3.61. The monoisotopic (exact) mass is 330 g/mol. The summed E-state index contributed by atoms with van der Waals surface area (Å²) in [5, 5.41) is 5.95. The second-order valence-electron chi connectivity index (χ2n) is 6.87. The molecule has 0 radical (unpaired) electrons. The molecule has 0 spiro atoms. The van der Waals surface area contributed by atoms with Gasteiger partial charge in [-0.25, -0.2) is 0 Å². The summed E-state index contributed by atoms with van der Waals surface area (Å²) < 4.78 is 5.70. The standard InChI is InChI=1S/C19H26N2O3/c1-13(14-4-2-3-5-14)20-19(23)10-11-24-16-7-8-17-15(12-16)6-9-18(22)21-17/h7-8,12-14H,2-6,9-11H2,1H3,(H,20,23)(H,21,22). The lowest BCUT2D eigenvalue weighted by Crippen LogP contribution is -2.37. The molecule has 1 saturated carbocycles. The molecule has 1 aromatic carbocycles. The number of fused-ring (bicyclic) bond motifs is 1. The topological polar surface area (TPSA) is 67.4 Å². The maximum absolute atomic E-state index is 12.0. The first kappa shape index (κ1) is 16.8. The third-order valence-corrected chi connectivity index (χ3v) is 5.07. The Labute approximate surface area is 143 Å². The fourth-order valence-corrected chi connectivity index (χ4v) is 3.61. The molecule has 24 heavy (non-hydrogen) atoms. The van der Waals surface area contributed by atoms with Gasteiger partial charge in [-0.2, -0.15) is 0 Å². The normalized spacial score (nSPS) is 18.6. The van der Waals surface area contributed by atoms with Gasteiger partial charge in [0, 0.05) is 18.2 Å². The molecule has 1 aliphatic carbocycles. The van der Waals surface area contributed by atoms with E-state index in [-0.39, 0.29) is 17.9 Å². The first-order chi connectivity index (χ1) is 11.6. The predicted octanol–water partition coefficient (Wildman–Crippen LogP) is 3.04. The summed E-state index contributed by atoms with van der Waals surface area (Å²) in [4.78, 5) is 23.4. The van der Waals surface area contributed by atoms with Gasteiger partial charge in [-0.15, -0.1) is 0 Å². The predicted molar refractivity (Wildman–Crippen MR) is 93.1 cm³/mol. The number of rotatable bonds is 6. The summed E-state index contributed by atoms with van der Waals surface area (Å²) >= 11 is 0. The molecule has 3 rings (SSSR count). The van der Waals surface area contributed by atoms with E-state index in [1.165, 1.54) is 25.7 Å². The van der Waals surface area contributed by atoms with Crippen molar-refractivity contribution in [3.63, 3.8) is 0 Å². The quantitative estimate of drug-likeness (QED) is 0.842. The molecule has 1 heterocycles. The van der Waals surface area contributed by atoms with Crippen molar-refractivity contribution in [1.29, 1.82) is 0 Å². The van der Waals surface area contributed by atoms with Crippen molar-refractivity contribution in [2.24, 2.45) is 5.92 Å². The summed E-state index contributed by atoms with van der Waals surface area (Å²) in [5.74, 6) is 1.50. The Morgan fingerprint density at radius 2 is 2.12 bits per heavy atom. The highest BCUT2D eigenvalue weighted by Crippen LogP contribution is 2.28. The molecule has 2 aliphatic rings. The van der Waals surface area contributed by atoms with Crippen molar-refractivity contribution in [2.75, 3.05) is 11.9 Å². The Bertz CT molecular complexity index is 609. The highest BCUT2D eigenvalue weighted by Gasteiger charge is 2.22. The van der Waals surface area contributed by atoms with E-state index in [4.69, 9.17) is 4.74 Å². The molecule has 1 atom stereocenters. The van der Waals surface area contributed by atoms with E-state index >= 15 is 0 Å². The molecule has 5 heteroatoms. The van der Waals surface area contributed by atoms with Crippen LogP contribution in [0.15, 0.2) is 18.2 Å². The molecule has 1 fully saturated rings. The van der Waals surface area contributed by atoms with Gasteiger partial charge in [-0.3, -0.25) is 9.59 Å². The zero-order valence-electron chi connectivity index (χ0n) is 14.3. The van der Waals surface area contributed by atoms with Crippen LogP contribution in [0, 0.1) is 5.92 Å². The molecule has 0 bridgehead atoms. The zero-order chi connectivity index (χ0) is 16.9. The summed E-state index contributed by atoms with van der Waals surface area (Å²) in [7, 11) is 0. The highest BCUT2D eigenvalue weighted by molar-refractivity contribution is 5.94. The Kier molecular flexibility index (Phi) is 5.38. The molecule has 2 amide bonds. The fraction of sp³-hybridized carbons (Fsp3) is 0.579. The lowest BCUT2D eigenvalue weighted by Gasteiger charge is -2.20. The molecule has 0 aromatic heterocycles. The Hall–Kier alpha value is -2.04. The summed E-state index contributed by atoms with van der Waals surface area (Å²) in [6, 6.07) is 5.91. The smallest absolute Gasteiger partial charge is 0.224 e. The Balaban J connectivity index is 1.43. The van der Waals surface area contributed by atoms with E-state index in [0.29, 0.717) is 25.4 Å². The van der Waals surface area contributed by atoms with E-state index in [2.05, 4.69) is 17.6 Å². The number of aryl methyl sites for hydroxylation is 1. The van der Waals surface area contributed by atoms with Crippen LogP contribution in [0.2, 0.25) is 0 Å². The molecule has 2 N–H and O–H groups in total. The maximum Gasteiger partial charge on any atom is 0.224 e. The van der Waals surface area contributed by atoms with Crippen LogP contribution in [0.1, 0.15) is 51.0 Å². The van der Waals surface area contributed by atoms with Gasteiger partial charge in [0.15, 0.2) is 0 Å². The molecular weight excluding hydrogens is 304 g/mol. The summed E-state index contributed by atoms with van der Waals surface area (Å²) in [6.07, 6.45) is 6.63. The molecule has 130 valence electrons. The van der Waals surface area contributed by atoms with E-state index in [9.17, 15) is 9.59 Å². The van der Waals surface area contributed by atoms with E-state index in [1.54, 1.807) is 0 Å². The summed E-state index contributed by atoms with van der Waals surface area (Å²) in [6.45, 7) is 2.47. The van der Waals surface area contributed by atoms with E-state index in [1.807, 2.05) is 18.2 Å². The SMILES string of the molecule is CC(NC(=O)CCOc1ccc2c(c1)CCC(=O)N2)C1CCCC1. The third-order valence-electron chi connectivity index (χ3n) is 5.07. The number of carbonyl (C=O) groups is 2. The molecule has 1 unspecified atom stereocenters. The largest absolute Gasteiger partial charge is 0.493 e. The summed E-state index contributed by atoms with van der Waals surface area (Å²) in [5.41, 5.74) is 1.95. The Morgan fingerprint density at radius 1 is 1.33 bits per heavy atom. The van der Waals surface area contributed by atoms with Crippen LogP contribution in [-0.2, 0) is 16.0 Å². The second-order valence-corrected chi connectivity index (χ2v) is 6.87. The van der Waals surface area contributed by atoms with Crippen LogP contribution in [-0.4, -0.2) is 24.5 Å². The van der Waals surface area contributed by atoms with Gasteiger partial charge in [0.1, 0.15) is 5.75 Å². The highest BCUT2D eigenvalue weighted by atomic mass is 16.5. The van der Waals surface area contributed by atoms with Gasteiger partial charge in [-0.05, 0) is 55.9 Å². The molecule has 1 aliphatic heterocycles. The van der Waals surface area contributed by atoms with Gasteiger partial charge < -0.3 is 15.4 Å². The zero-order valence-corrected chi connectivity index (χ0v) is 14.3. The van der Waals surface area contributed by atoms with Gasteiger partial charge in [0.05, 0.1) is 13.0 Å². The number of hydrogen-bond donors (Lipinski definition) is 2. The van der Waals surface area contributed by atoms with Gasteiger partial charge in [0.25, 0.3) is 0 Å². The van der Waals surface area contributed by atoms with Crippen LogP contribution in [0.3, 0.4) is 0 Å². The lowest BCUT2D eigenvalue weighted by molar-refractivity contribution is -0.122. The molecule has 0 saturated heterocycles. The van der Waals surface area contributed by atoms with Gasteiger partial charge >= 0.3 is 0 Å². The minimum Gasteiger partial charge on any atom is -0.493 e. The van der Waals surface area contributed by atoms with E-state index in [0.717, 1.165) is 23.4 Å². The van der Waals surface area contributed by atoms with Crippen molar-refractivity contribution < 1.29 is 14.3 Å². The van der Waals surface area contributed by atoms with Crippen LogP contribution in [0.4, 0.5) is 5.69 Å².